The van der Waals surface area contributed by atoms with Crippen LogP contribution >= 0.6 is 0 Å². The monoisotopic (exact) mass is 350 g/mol. The van der Waals surface area contributed by atoms with Gasteiger partial charge in [0.1, 0.15) is 13.1 Å². The lowest BCUT2D eigenvalue weighted by atomic mass is 10.1. The Labute approximate surface area is 146 Å². The number of benzene rings is 1. The minimum atomic E-state index is -0.244. The molecule has 22 heavy (non-hydrogen) atoms. The first-order chi connectivity index (χ1) is 9.72. The van der Waals surface area contributed by atoms with E-state index in [4.69, 9.17) is 4.74 Å². The van der Waals surface area contributed by atoms with Crippen molar-refractivity contribution in [2.45, 2.75) is 26.8 Å². The molecule has 1 aromatic carbocycles. The Morgan fingerprint density at radius 1 is 1.14 bits per heavy atom. The number of rotatable bonds is 9. The molecular formula is C16H28Cl2N2O2. The molecule has 6 heteroatoms. The molecule has 0 aliphatic heterocycles. The third-order valence-electron chi connectivity index (χ3n) is 3.60. The van der Waals surface area contributed by atoms with E-state index in [0.717, 1.165) is 31.7 Å². The Morgan fingerprint density at radius 3 is 2.23 bits per heavy atom. The van der Waals surface area contributed by atoms with Crippen molar-refractivity contribution in [3.8, 4) is 0 Å². The largest absolute Gasteiger partial charge is 1.00 e. The number of carbonyl (C=O) groups is 1. The van der Waals surface area contributed by atoms with Gasteiger partial charge in [0, 0.05) is 5.56 Å². The smallest absolute Gasteiger partial charge is 0.369 e. The number of hydrogen-bond donors (Lipinski definition) is 2. The third kappa shape index (κ3) is 7.99. The Kier molecular flexibility index (Phi) is 14.7. The second-order valence-electron chi connectivity index (χ2n) is 4.87. The van der Waals surface area contributed by atoms with Gasteiger partial charge in [-0.3, -0.25) is 0 Å². The number of carbonyl (C=O) groups excluding carboxylic acids is 1. The molecule has 0 radical (unpaired) electrons. The van der Waals surface area contributed by atoms with Gasteiger partial charge in [0.25, 0.3) is 0 Å². The second kappa shape index (κ2) is 13.8. The molecule has 0 aliphatic rings. The molecule has 0 aliphatic carbocycles. The van der Waals surface area contributed by atoms with E-state index in [1.54, 1.807) is 4.90 Å². The summed E-state index contributed by atoms with van der Waals surface area (Å²) in [5.74, 6) is -0.145. The van der Waals surface area contributed by atoms with Gasteiger partial charge in [-0.1, -0.05) is 30.3 Å². The fraction of sp³-hybridized carbons (Fsp3) is 0.562. The zero-order valence-electron chi connectivity index (χ0n) is 13.6. The molecule has 0 saturated carbocycles. The number of esters is 1. The highest BCUT2D eigenvalue weighted by atomic mass is 35.5. The summed E-state index contributed by atoms with van der Waals surface area (Å²) in [5, 5.41) is 2.10. The second-order valence-corrected chi connectivity index (χ2v) is 4.87. The van der Waals surface area contributed by atoms with Crippen LogP contribution in [-0.2, 0) is 9.53 Å². The van der Waals surface area contributed by atoms with E-state index in [2.05, 4.69) is 19.2 Å². The molecule has 0 saturated heterocycles. The van der Waals surface area contributed by atoms with Gasteiger partial charge >= 0.3 is 5.97 Å². The van der Waals surface area contributed by atoms with Crippen molar-refractivity contribution in [1.82, 2.24) is 0 Å². The Morgan fingerprint density at radius 2 is 1.73 bits per heavy atom. The van der Waals surface area contributed by atoms with Gasteiger partial charge in [0.2, 0.25) is 6.04 Å². The van der Waals surface area contributed by atoms with E-state index in [1.165, 1.54) is 0 Å². The summed E-state index contributed by atoms with van der Waals surface area (Å²) in [5.41, 5.74) is 1.01. The van der Waals surface area contributed by atoms with Crippen LogP contribution in [-0.4, -0.2) is 38.8 Å². The summed E-state index contributed by atoms with van der Waals surface area (Å²) in [7, 11) is 0. The van der Waals surface area contributed by atoms with Crippen LogP contribution in [0, 0.1) is 0 Å². The molecule has 4 nitrogen and oxygen atoms in total. The maximum atomic E-state index is 12.1. The van der Waals surface area contributed by atoms with Gasteiger partial charge in [-0.2, -0.15) is 0 Å². The SMILES string of the molecule is CCOC(=O)C([NH2+]CC[NH+](CC)CC)c1ccccc1.[Cl-].[Cl-]. The molecule has 0 fully saturated rings. The molecule has 0 bridgehead atoms. The van der Waals surface area contributed by atoms with E-state index in [1.807, 2.05) is 37.3 Å². The van der Waals surface area contributed by atoms with Crippen LogP contribution in [0.2, 0.25) is 0 Å². The van der Waals surface area contributed by atoms with Gasteiger partial charge in [-0.15, -0.1) is 0 Å². The Balaban J connectivity index is 0. The van der Waals surface area contributed by atoms with Gasteiger partial charge in [-0.25, -0.2) is 4.79 Å². The minimum Gasteiger partial charge on any atom is -1.00 e. The summed E-state index contributed by atoms with van der Waals surface area (Å²) in [4.78, 5) is 13.7. The predicted molar refractivity (Wildman–Crippen MR) is 79.5 cm³/mol. The highest BCUT2D eigenvalue weighted by Crippen LogP contribution is 2.09. The van der Waals surface area contributed by atoms with Gasteiger partial charge in [0.15, 0.2) is 0 Å². The third-order valence-corrected chi connectivity index (χ3v) is 3.60. The van der Waals surface area contributed by atoms with Gasteiger partial charge in [-0.05, 0) is 20.8 Å². The van der Waals surface area contributed by atoms with Crippen molar-refractivity contribution in [1.29, 1.82) is 0 Å². The standard InChI is InChI=1S/C16H26N2O2.2ClH/c1-4-18(5-2)13-12-17-15(16(19)20-6-3)14-10-8-7-9-11-14;;/h7-11,15,17H,4-6,12-13H2,1-3H3;2*1H. The molecule has 128 valence electrons. The topological polar surface area (TPSA) is 47.3 Å². The van der Waals surface area contributed by atoms with Gasteiger partial charge < -0.3 is 39.8 Å². The molecule has 1 atom stereocenters. The number of nitrogens with one attached hydrogen (secondary N) is 1. The lowest BCUT2D eigenvalue weighted by molar-refractivity contribution is -0.910. The molecule has 0 aromatic heterocycles. The normalized spacial score (nSPS) is 11.3. The number of halogens is 2. The number of hydrogen-bond acceptors (Lipinski definition) is 2. The molecule has 0 amide bonds. The van der Waals surface area contributed by atoms with Crippen LogP contribution in [0.3, 0.4) is 0 Å². The van der Waals surface area contributed by atoms with E-state index < -0.39 is 0 Å². The van der Waals surface area contributed by atoms with Crippen molar-refractivity contribution in [3.63, 3.8) is 0 Å². The van der Waals surface area contributed by atoms with Gasteiger partial charge in [0.05, 0.1) is 19.7 Å². The zero-order chi connectivity index (χ0) is 14.8. The number of ether oxygens (including phenoxy) is 1. The van der Waals surface area contributed by atoms with Crippen LogP contribution in [0.15, 0.2) is 30.3 Å². The van der Waals surface area contributed by atoms with Crippen molar-refractivity contribution in [2.24, 2.45) is 0 Å². The highest BCUT2D eigenvalue weighted by Gasteiger charge is 2.25. The Hall–Kier alpha value is -0.810. The fourth-order valence-corrected chi connectivity index (χ4v) is 2.32. The summed E-state index contributed by atoms with van der Waals surface area (Å²) >= 11 is 0. The molecule has 0 heterocycles. The average molecular weight is 351 g/mol. The summed E-state index contributed by atoms with van der Waals surface area (Å²) in [6.45, 7) is 10.9. The molecule has 1 rings (SSSR count). The van der Waals surface area contributed by atoms with E-state index in [-0.39, 0.29) is 36.8 Å². The fourth-order valence-electron chi connectivity index (χ4n) is 2.32. The van der Waals surface area contributed by atoms with Crippen molar-refractivity contribution < 1.29 is 44.6 Å². The molecular weight excluding hydrogens is 323 g/mol. The first kappa shape index (κ1) is 23.5. The predicted octanol–water partition coefficient (Wildman–Crippen LogP) is -6.21. The van der Waals surface area contributed by atoms with Crippen LogP contribution in [0.25, 0.3) is 0 Å². The quantitative estimate of drug-likeness (QED) is 0.435. The summed E-state index contributed by atoms with van der Waals surface area (Å²) in [6, 6.07) is 9.62. The molecule has 1 unspecified atom stereocenters. The summed E-state index contributed by atoms with van der Waals surface area (Å²) < 4.78 is 5.19. The van der Waals surface area contributed by atoms with E-state index in [9.17, 15) is 4.79 Å². The number of quaternary nitrogens is 2. The average Bonchev–Trinajstić information content (AvgIpc) is 2.48. The first-order valence-electron chi connectivity index (χ1n) is 7.61. The highest BCUT2D eigenvalue weighted by molar-refractivity contribution is 5.75. The minimum absolute atomic E-state index is 0. The van der Waals surface area contributed by atoms with Crippen LogP contribution < -0.4 is 35.0 Å². The van der Waals surface area contributed by atoms with Crippen LogP contribution in [0.4, 0.5) is 0 Å². The lowest BCUT2D eigenvalue weighted by Crippen LogP contribution is -3.14. The van der Waals surface area contributed by atoms with E-state index in [0.29, 0.717) is 6.61 Å². The van der Waals surface area contributed by atoms with Crippen LogP contribution in [0.5, 0.6) is 0 Å². The lowest BCUT2D eigenvalue weighted by Gasteiger charge is -2.17. The maximum absolute atomic E-state index is 12.1. The maximum Gasteiger partial charge on any atom is 0.369 e. The number of likely N-dealkylation sites (N-methyl/N-ethyl adjacent to an activating group) is 1. The molecule has 0 spiro atoms. The van der Waals surface area contributed by atoms with Crippen molar-refractivity contribution in [2.75, 3.05) is 32.8 Å². The molecule has 3 N–H and O–H groups in total. The van der Waals surface area contributed by atoms with E-state index >= 15 is 0 Å². The zero-order valence-corrected chi connectivity index (χ0v) is 15.2. The number of nitrogens with two attached hydrogens (primary N) is 1. The summed E-state index contributed by atoms with van der Waals surface area (Å²) in [6.07, 6.45) is 0. The van der Waals surface area contributed by atoms with Crippen LogP contribution in [0.1, 0.15) is 32.4 Å². The first-order valence-corrected chi connectivity index (χ1v) is 7.61. The van der Waals surface area contributed by atoms with Crippen molar-refractivity contribution >= 4 is 5.97 Å². The Bertz CT molecular complexity index is 387. The molecule has 1 aromatic rings. The van der Waals surface area contributed by atoms with Crippen molar-refractivity contribution in [3.05, 3.63) is 35.9 Å².